The van der Waals surface area contributed by atoms with Crippen LogP contribution >= 0.6 is 34.0 Å². The molecule has 6 nitrogen and oxygen atoms in total. The summed E-state index contributed by atoms with van der Waals surface area (Å²) in [7, 11) is -4.02. The molecule has 15 heteroatoms. The molecule has 18 rings (SSSR count). The van der Waals surface area contributed by atoms with Crippen LogP contribution in [0.15, 0.2) is 274 Å². The van der Waals surface area contributed by atoms with Crippen LogP contribution in [0.5, 0.6) is 0 Å². The van der Waals surface area contributed by atoms with Crippen molar-refractivity contribution in [2.45, 2.75) is 139 Å². The van der Waals surface area contributed by atoms with Gasteiger partial charge in [0.2, 0.25) is 0 Å². The van der Waals surface area contributed by atoms with Crippen LogP contribution in [0.2, 0.25) is 58.9 Å². The van der Waals surface area contributed by atoms with Gasteiger partial charge in [-0.1, -0.05) is 242 Å². The monoisotopic (exact) mass is 2210 g/mol. The Hall–Kier alpha value is -8.86. The Bertz CT molecular complexity index is 6080. The molecule has 0 bridgehead atoms. The summed E-state index contributed by atoms with van der Waals surface area (Å²) < 4.78 is 8.06. The molecule has 0 spiro atoms. The van der Waals surface area contributed by atoms with Crippen molar-refractivity contribution in [3.05, 3.63) is 344 Å². The molecule has 9 aromatic heterocycles. The fourth-order valence-electron chi connectivity index (χ4n) is 13.6. The second-order valence-corrected chi connectivity index (χ2v) is 52.2. The molecule has 0 saturated heterocycles. The van der Waals surface area contributed by atoms with Gasteiger partial charge in [0.25, 0.3) is 0 Å². The van der Waals surface area contributed by atoms with Crippen LogP contribution in [0.25, 0.3) is 128 Å². The van der Waals surface area contributed by atoms with Gasteiger partial charge in [0.05, 0.1) is 24.2 Å². The third-order valence-electron chi connectivity index (χ3n) is 20.7. The van der Waals surface area contributed by atoms with Crippen molar-refractivity contribution >= 4 is 134 Å². The van der Waals surface area contributed by atoms with Crippen molar-refractivity contribution in [3.8, 4) is 67.5 Å². The zero-order valence-electron chi connectivity index (χ0n) is 71.6. The molecule has 0 amide bonds. The molecular weight excluding hydrogens is 2100 g/mol. The van der Waals surface area contributed by atoms with Crippen LogP contribution in [-0.4, -0.2) is 54.1 Å². The van der Waals surface area contributed by atoms with Gasteiger partial charge in [-0.15, -0.1) is 179 Å². The molecular formula is C105H102Ir3N6S3Si3-6. The van der Waals surface area contributed by atoms with Gasteiger partial charge in [0, 0.05) is 112 Å². The van der Waals surface area contributed by atoms with E-state index in [1.165, 1.54) is 104 Å². The van der Waals surface area contributed by atoms with Crippen LogP contribution in [0.4, 0.5) is 0 Å². The Morgan fingerprint density at radius 3 is 0.967 bits per heavy atom. The first kappa shape index (κ1) is 93.4. The predicted molar refractivity (Wildman–Crippen MR) is 515 cm³/mol. The van der Waals surface area contributed by atoms with Gasteiger partial charge in [-0.25, -0.2) is 0 Å². The summed E-state index contributed by atoms with van der Waals surface area (Å²) in [5.74, 6) is 1.50. The summed E-state index contributed by atoms with van der Waals surface area (Å²) in [4.78, 5) is 27.2. The number of aromatic nitrogens is 6. The van der Waals surface area contributed by atoms with Gasteiger partial charge in [-0.3, -0.25) is 0 Å². The summed E-state index contributed by atoms with van der Waals surface area (Å²) in [6, 6.07) is 102. The van der Waals surface area contributed by atoms with Gasteiger partial charge < -0.3 is 29.9 Å². The molecule has 0 aliphatic rings. The van der Waals surface area contributed by atoms with E-state index >= 15 is 0 Å². The number of nitrogens with zero attached hydrogens (tertiary/aromatic N) is 6. The number of thiophene rings is 3. The van der Waals surface area contributed by atoms with E-state index in [-0.39, 0.29) is 60.3 Å². The third kappa shape index (κ3) is 23.1. The second-order valence-electron chi connectivity index (χ2n) is 33.8. The molecule has 615 valence electrons. The van der Waals surface area contributed by atoms with Crippen molar-refractivity contribution in [1.29, 1.82) is 0 Å². The minimum atomic E-state index is -1.39. The number of hydrogen-bond acceptors (Lipinski definition) is 9. The fraction of sp³-hybridized carbons (Fsp3) is 0.200. The van der Waals surface area contributed by atoms with E-state index in [0.29, 0.717) is 17.8 Å². The second kappa shape index (κ2) is 41.8. The largest absolute Gasteiger partial charge is 0.304 e. The first-order valence-electron chi connectivity index (χ1n) is 40.3. The molecule has 120 heavy (non-hydrogen) atoms. The first-order chi connectivity index (χ1) is 56.1. The van der Waals surface area contributed by atoms with E-state index < -0.39 is 24.2 Å². The van der Waals surface area contributed by atoms with E-state index in [0.717, 1.165) is 67.5 Å². The Morgan fingerprint density at radius 1 is 0.267 bits per heavy atom. The zero-order valence-corrected chi connectivity index (χ0v) is 84.3. The van der Waals surface area contributed by atoms with Gasteiger partial charge in [0.15, 0.2) is 0 Å². The van der Waals surface area contributed by atoms with E-state index in [1.807, 2.05) is 201 Å². The Kier molecular flexibility index (Phi) is 32.5. The smallest absolute Gasteiger partial charge is 0.0794 e. The van der Waals surface area contributed by atoms with E-state index in [1.54, 1.807) is 5.19 Å². The molecule has 0 N–H and O–H groups in total. The van der Waals surface area contributed by atoms with Crippen LogP contribution in [-0.2, 0) is 60.3 Å². The van der Waals surface area contributed by atoms with Crippen LogP contribution < -0.4 is 15.6 Å². The SMILES string of the molecule is CC(C)c1ccc(-c2[c-]ccc3c2sc2c([Si](C)(C)C)cccc23)nc1.CC(C)c1ccc(-c2[c-]ccc3c2sc2cc([Si](C)(C)C)ccc23)nc1.CC(C)c1ccc(-c2[c-]ccc3c2sc2ccc([Si](C)(C)C)cc23)nc1.Cc1ccc(-c2[c-]cccc2)nc1.Cc1ccc(-c2[c-]cccc2)nc1.Cc1ccc(-c2[c-]cccc2)nc1.[Ir].[Ir].[Ir]. The average Bonchev–Trinajstić information content (AvgIpc) is 1.62. The number of fused-ring (bicyclic) bond motifs is 9. The van der Waals surface area contributed by atoms with Crippen molar-refractivity contribution in [2.24, 2.45) is 0 Å². The average molecular weight is 2210 g/mol. The fourth-order valence-corrected chi connectivity index (χ4v) is 22.1. The molecule has 9 aromatic carbocycles. The molecule has 3 radical (unpaired) electrons. The summed E-state index contributed by atoms with van der Waals surface area (Å²) >= 11 is 5.64. The van der Waals surface area contributed by atoms with Crippen LogP contribution in [0.3, 0.4) is 0 Å². The maximum atomic E-state index is 4.75. The maximum absolute atomic E-state index is 4.75. The quantitative estimate of drug-likeness (QED) is 0.0896. The van der Waals surface area contributed by atoms with E-state index in [9.17, 15) is 0 Å². The Balaban J connectivity index is 0.000000155. The molecule has 0 atom stereocenters. The number of hydrogen-bond donors (Lipinski definition) is 0. The topological polar surface area (TPSA) is 77.3 Å². The normalized spacial score (nSPS) is 11.3. The molecule has 0 aliphatic carbocycles. The van der Waals surface area contributed by atoms with E-state index in [2.05, 4.69) is 279 Å². The van der Waals surface area contributed by atoms with Gasteiger partial charge in [0.1, 0.15) is 0 Å². The molecule has 9 heterocycles. The van der Waals surface area contributed by atoms with Gasteiger partial charge in [-0.05, 0) is 154 Å². The van der Waals surface area contributed by atoms with Crippen molar-refractivity contribution in [1.82, 2.24) is 29.9 Å². The summed E-state index contributed by atoms with van der Waals surface area (Å²) in [6.45, 7) is 41.0. The number of benzene rings is 9. The van der Waals surface area contributed by atoms with Crippen molar-refractivity contribution < 1.29 is 60.3 Å². The first-order valence-corrected chi connectivity index (χ1v) is 53.3. The predicted octanol–water partition coefficient (Wildman–Crippen LogP) is 28.3. The molecule has 0 fully saturated rings. The van der Waals surface area contributed by atoms with Gasteiger partial charge in [-0.2, -0.15) is 34.0 Å². The maximum Gasteiger partial charge on any atom is 0.0794 e. The van der Waals surface area contributed by atoms with Crippen LogP contribution in [0.1, 0.15) is 92.7 Å². The summed E-state index contributed by atoms with van der Waals surface area (Å²) in [5.41, 5.74) is 19.8. The summed E-state index contributed by atoms with van der Waals surface area (Å²) in [6.07, 6.45) is 11.6. The molecule has 18 aromatic rings. The van der Waals surface area contributed by atoms with Crippen LogP contribution in [0, 0.1) is 57.2 Å². The number of rotatable bonds is 12. The standard InChI is InChI=1S/3C23H24NSSi.3C12H10N.3Ir/c1-15(2)16-12-13-20(24-14-16)19-10-6-8-17-18-9-7-11-21(26(3,4)5)23(18)25-22(17)19;1-15(2)16-9-12-21(24-14-16)20-8-6-7-19-18-11-10-17(26(3,4)5)13-22(18)25-23(19)20;1-15(2)16-9-11-21(24-14-16)19-8-6-7-18-20-13-17(26(3,4)5)10-12-22(20)25-23(18)19;3*1-10-7-8-12(13-9-10)11-5-3-2-4-6-11;;;/h6-9,11-15H,1-5H3;2*6-7,9-15H,1-5H3;3*2-5,7-9H,1H3;;;/q6*-1;;;. The van der Waals surface area contributed by atoms with Crippen molar-refractivity contribution in [3.63, 3.8) is 0 Å². The third-order valence-corrected chi connectivity index (χ3v) is 30.6. The number of pyridine rings is 6. The Morgan fingerprint density at radius 2 is 0.617 bits per heavy atom. The van der Waals surface area contributed by atoms with Crippen molar-refractivity contribution in [2.75, 3.05) is 0 Å². The summed E-state index contributed by atoms with van der Waals surface area (Å²) in [5, 5.41) is 12.6. The number of aryl methyl sites for hydroxylation is 3. The van der Waals surface area contributed by atoms with Gasteiger partial charge >= 0.3 is 0 Å². The zero-order chi connectivity index (χ0) is 82.7. The Labute approximate surface area is 767 Å². The molecule has 0 saturated carbocycles. The molecule has 0 unspecified atom stereocenters. The molecule has 0 aliphatic heterocycles. The van der Waals surface area contributed by atoms with E-state index in [4.69, 9.17) is 15.0 Å². The minimum absolute atomic E-state index is 0. The minimum Gasteiger partial charge on any atom is -0.304 e.